The normalized spacial score (nSPS) is 18.2. The van der Waals surface area contributed by atoms with Crippen LogP contribution >= 0.6 is 0 Å². The Morgan fingerprint density at radius 2 is 1.67 bits per heavy atom. The van der Waals surface area contributed by atoms with E-state index in [4.69, 9.17) is 4.74 Å². The fraction of sp³-hybridized carbons (Fsp3) is 0.350. The van der Waals surface area contributed by atoms with E-state index in [1.807, 2.05) is 17.0 Å². The molecule has 1 saturated heterocycles. The van der Waals surface area contributed by atoms with Crippen LogP contribution in [0.25, 0.3) is 0 Å². The van der Waals surface area contributed by atoms with Crippen LogP contribution < -0.4 is 5.32 Å². The SMILES string of the molecule is COCCN1CC(C(c2ccccc2)c2ccccc2)NCC1=O. The van der Waals surface area contributed by atoms with Gasteiger partial charge in [0.25, 0.3) is 0 Å². The quantitative estimate of drug-likeness (QED) is 0.886. The summed E-state index contributed by atoms with van der Waals surface area (Å²) in [6.07, 6.45) is 0. The average Bonchev–Trinajstić information content (AvgIpc) is 2.64. The van der Waals surface area contributed by atoms with Crippen molar-refractivity contribution in [3.8, 4) is 0 Å². The van der Waals surface area contributed by atoms with Crippen molar-refractivity contribution >= 4 is 5.91 Å². The highest BCUT2D eigenvalue weighted by atomic mass is 16.5. The lowest BCUT2D eigenvalue weighted by Gasteiger charge is -2.38. The van der Waals surface area contributed by atoms with Crippen molar-refractivity contribution in [2.75, 3.05) is 33.4 Å². The average molecular weight is 324 g/mol. The Bertz CT molecular complexity index is 606. The van der Waals surface area contributed by atoms with Gasteiger partial charge in [0.05, 0.1) is 13.2 Å². The highest BCUT2D eigenvalue weighted by Gasteiger charge is 2.32. The molecular formula is C20H24N2O2. The molecule has 4 heteroatoms. The van der Waals surface area contributed by atoms with Crippen LogP contribution in [0.2, 0.25) is 0 Å². The zero-order valence-corrected chi connectivity index (χ0v) is 14.0. The van der Waals surface area contributed by atoms with Crippen molar-refractivity contribution in [1.82, 2.24) is 10.2 Å². The van der Waals surface area contributed by atoms with Crippen molar-refractivity contribution in [2.45, 2.75) is 12.0 Å². The maximum atomic E-state index is 12.1. The molecule has 1 fully saturated rings. The molecule has 0 radical (unpaired) electrons. The number of methoxy groups -OCH3 is 1. The molecule has 1 amide bonds. The molecule has 24 heavy (non-hydrogen) atoms. The van der Waals surface area contributed by atoms with Gasteiger partial charge >= 0.3 is 0 Å². The Hall–Kier alpha value is -2.17. The van der Waals surface area contributed by atoms with Crippen LogP contribution in [-0.4, -0.2) is 50.2 Å². The van der Waals surface area contributed by atoms with Crippen LogP contribution in [0.1, 0.15) is 17.0 Å². The predicted octanol–water partition coefficient (Wildman–Crippen LogP) is 2.27. The molecule has 2 aromatic rings. The van der Waals surface area contributed by atoms with E-state index in [1.165, 1.54) is 11.1 Å². The molecule has 0 aromatic heterocycles. The van der Waals surface area contributed by atoms with Crippen molar-refractivity contribution in [3.63, 3.8) is 0 Å². The lowest BCUT2D eigenvalue weighted by molar-refractivity contribution is -0.133. The summed E-state index contributed by atoms with van der Waals surface area (Å²) in [6, 6.07) is 21.2. The van der Waals surface area contributed by atoms with Gasteiger partial charge in [0, 0.05) is 32.2 Å². The summed E-state index contributed by atoms with van der Waals surface area (Å²) in [5.74, 6) is 0.355. The summed E-state index contributed by atoms with van der Waals surface area (Å²) < 4.78 is 5.14. The largest absolute Gasteiger partial charge is 0.383 e. The van der Waals surface area contributed by atoms with Crippen molar-refractivity contribution in [1.29, 1.82) is 0 Å². The number of benzene rings is 2. The number of nitrogens with zero attached hydrogens (tertiary/aromatic N) is 1. The van der Waals surface area contributed by atoms with Crippen LogP contribution in [-0.2, 0) is 9.53 Å². The van der Waals surface area contributed by atoms with Gasteiger partial charge in [-0.2, -0.15) is 0 Å². The minimum absolute atomic E-state index is 0.142. The van der Waals surface area contributed by atoms with Crippen molar-refractivity contribution in [2.24, 2.45) is 0 Å². The van der Waals surface area contributed by atoms with Gasteiger partial charge in [-0.3, -0.25) is 4.79 Å². The van der Waals surface area contributed by atoms with E-state index in [2.05, 4.69) is 53.8 Å². The summed E-state index contributed by atoms with van der Waals surface area (Å²) in [6.45, 7) is 2.28. The molecule has 0 spiro atoms. The third-order valence-corrected chi connectivity index (χ3v) is 4.57. The third-order valence-electron chi connectivity index (χ3n) is 4.57. The van der Waals surface area contributed by atoms with Gasteiger partial charge in [0.15, 0.2) is 0 Å². The zero-order valence-electron chi connectivity index (χ0n) is 14.0. The van der Waals surface area contributed by atoms with Crippen LogP contribution in [0.15, 0.2) is 60.7 Å². The fourth-order valence-electron chi connectivity index (χ4n) is 3.35. The van der Waals surface area contributed by atoms with E-state index >= 15 is 0 Å². The monoisotopic (exact) mass is 324 g/mol. The Labute approximate surface area is 143 Å². The van der Waals surface area contributed by atoms with Crippen LogP contribution in [0.3, 0.4) is 0 Å². The van der Waals surface area contributed by atoms with Gasteiger partial charge in [0.2, 0.25) is 5.91 Å². The minimum atomic E-state index is 0.142. The first-order chi connectivity index (χ1) is 11.8. The number of hydrogen-bond donors (Lipinski definition) is 1. The van der Waals surface area contributed by atoms with Gasteiger partial charge in [-0.1, -0.05) is 60.7 Å². The molecular weight excluding hydrogens is 300 g/mol. The molecule has 0 saturated carbocycles. The molecule has 1 aliphatic heterocycles. The number of rotatable bonds is 6. The van der Waals surface area contributed by atoms with Crippen molar-refractivity contribution < 1.29 is 9.53 Å². The third kappa shape index (κ3) is 3.83. The van der Waals surface area contributed by atoms with E-state index in [-0.39, 0.29) is 17.9 Å². The number of amides is 1. The molecule has 1 aliphatic rings. The number of carbonyl (C=O) groups excluding carboxylic acids is 1. The van der Waals surface area contributed by atoms with E-state index in [1.54, 1.807) is 7.11 Å². The van der Waals surface area contributed by atoms with Gasteiger partial charge in [-0.25, -0.2) is 0 Å². The molecule has 3 rings (SSSR count). The van der Waals surface area contributed by atoms with Crippen LogP contribution in [0.4, 0.5) is 0 Å². The molecule has 1 unspecified atom stereocenters. The molecule has 0 bridgehead atoms. The number of nitrogens with one attached hydrogen (secondary N) is 1. The Balaban J connectivity index is 1.87. The van der Waals surface area contributed by atoms with Gasteiger partial charge in [-0.15, -0.1) is 0 Å². The Kier molecular flexibility index (Phi) is 5.62. The number of carbonyl (C=O) groups is 1. The zero-order chi connectivity index (χ0) is 16.8. The second-order valence-corrected chi connectivity index (χ2v) is 6.12. The smallest absolute Gasteiger partial charge is 0.236 e. The molecule has 1 atom stereocenters. The van der Waals surface area contributed by atoms with Gasteiger partial charge in [-0.05, 0) is 11.1 Å². The lowest BCUT2D eigenvalue weighted by Crippen LogP contribution is -2.56. The lowest BCUT2D eigenvalue weighted by atomic mass is 9.84. The van der Waals surface area contributed by atoms with Gasteiger partial charge < -0.3 is 15.0 Å². The number of ether oxygens (including phenoxy) is 1. The summed E-state index contributed by atoms with van der Waals surface area (Å²) in [5, 5.41) is 3.44. The first-order valence-electron chi connectivity index (χ1n) is 8.39. The first-order valence-corrected chi connectivity index (χ1v) is 8.39. The van der Waals surface area contributed by atoms with Gasteiger partial charge in [0.1, 0.15) is 0 Å². The standard InChI is InChI=1S/C20H24N2O2/c1-24-13-12-22-15-18(21-14-19(22)23)20(16-8-4-2-5-9-16)17-10-6-3-7-11-17/h2-11,18,20-21H,12-15H2,1H3. The molecule has 0 aliphatic carbocycles. The maximum Gasteiger partial charge on any atom is 0.236 e. The summed E-state index contributed by atoms with van der Waals surface area (Å²) >= 11 is 0. The highest BCUT2D eigenvalue weighted by Crippen LogP contribution is 2.29. The fourth-order valence-corrected chi connectivity index (χ4v) is 3.35. The Morgan fingerprint density at radius 1 is 1.08 bits per heavy atom. The van der Waals surface area contributed by atoms with E-state index in [9.17, 15) is 4.79 Å². The number of piperazine rings is 1. The highest BCUT2D eigenvalue weighted by molar-refractivity contribution is 5.79. The Morgan fingerprint density at radius 3 is 2.21 bits per heavy atom. The van der Waals surface area contributed by atoms with Crippen LogP contribution in [0, 0.1) is 0 Å². The maximum absolute atomic E-state index is 12.1. The topological polar surface area (TPSA) is 41.6 Å². The molecule has 4 nitrogen and oxygen atoms in total. The molecule has 126 valence electrons. The number of hydrogen-bond acceptors (Lipinski definition) is 3. The van der Waals surface area contributed by atoms with E-state index in [0.29, 0.717) is 26.2 Å². The molecule has 1 N–H and O–H groups in total. The second kappa shape index (κ2) is 8.08. The molecule has 1 heterocycles. The summed E-state index contributed by atoms with van der Waals surface area (Å²) in [7, 11) is 1.67. The van der Waals surface area contributed by atoms with Crippen LogP contribution in [0.5, 0.6) is 0 Å². The summed E-state index contributed by atoms with van der Waals surface area (Å²) in [4.78, 5) is 14.1. The second-order valence-electron chi connectivity index (χ2n) is 6.12. The summed E-state index contributed by atoms with van der Waals surface area (Å²) in [5.41, 5.74) is 2.53. The predicted molar refractivity (Wildman–Crippen MR) is 95.0 cm³/mol. The van der Waals surface area contributed by atoms with E-state index in [0.717, 1.165) is 0 Å². The molecule has 2 aromatic carbocycles. The van der Waals surface area contributed by atoms with E-state index < -0.39 is 0 Å². The minimum Gasteiger partial charge on any atom is -0.383 e. The first kappa shape index (κ1) is 16.7. The van der Waals surface area contributed by atoms with Crippen molar-refractivity contribution in [3.05, 3.63) is 71.8 Å².